The molecule has 0 aromatic heterocycles. The summed E-state index contributed by atoms with van der Waals surface area (Å²) in [6.07, 6.45) is 0.868. The molecular weight excluding hydrogens is 331 g/mol. The predicted octanol–water partition coefficient (Wildman–Crippen LogP) is 3.27. The molecule has 0 N–H and O–H groups in total. The van der Waals surface area contributed by atoms with Crippen LogP contribution in [-0.2, 0) is 0 Å². The highest BCUT2D eigenvalue weighted by Gasteiger charge is 2.16. The van der Waals surface area contributed by atoms with Gasteiger partial charge in [-0.25, -0.2) is 0 Å². The van der Waals surface area contributed by atoms with Gasteiger partial charge in [-0.05, 0) is 48.1 Å². The summed E-state index contributed by atoms with van der Waals surface area (Å²) in [7, 11) is 2.61. The van der Waals surface area contributed by atoms with Crippen LogP contribution in [0.3, 0.4) is 0 Å². The van der Waals surface area contributed by atoms with Gasteiger partial charge in [-0.1, -0.05) is 48.5 Å². The molecule has 3 aromatic rings. The van der Waals surface area contributed by atoms with Crippen LogP contribution in [0.15, 0.2) is 72.8 Å². The average Bonchev–Trinajstić information content (AvgIpc) is 2.70. The van der Waals surface area contributed by atoms with E-state index in [1.807, 2.05) is 48.5 Å². The molecule has 0 aliphatic rings. The Hall–Kier alpha value is -2.64. The number of benzene rings is 3. The van der Waals surface area contributed by atoms with Gasteiger partial charge >= 0.3 is 0 Å². The van der Waals surface area contributed by atoms with Gasteiger partial charge in [0.15, 0.2) is 0 Å². The van der Waals surface area contributed by atoms with E-state index >= 15 is 0 Å². The summed E-state index contributed by atoms with van der Waals surface area (Å²) in [6, 6.07) is 24.1. The van der Waals surface area contributed by atoms with Crippen LogP contribution in [0.25, 0.3) is 0 Å². The maximum atomic E-state index is 10.9. The second-order valence-electron chi connectivity index (χ2n) is 5.44. The van der Waals surface area contributed by atoms with Crippen molar-refractivity contribution in [1.82, 2.24) is 0 Å². The molecule has 0 bridgehead atoms. The Kier molecular flexibility index (Phi) is 5.47. The Morgan fingerprint density at radius 2 is 1.00 bits per heavy atom. The van der Waals surface area contributed by atoms with Crippen molar-refractivity contribution in [3.8, 4) is 11.5 Å². The lowest BCUT2D eigenvalue weighted by Crippen LogP contribution is -2.20. The standard InChI is InChI=1S/C21H19O3P/c1-23-17-5-11-20(12-6-17)25(19-9-3-16(15-22)4-10-19)21-13-7-18(24-2)8-14-21/h3-15H,1-2H3. The number of hydrogen-bond acceptors (Lipinski definition) is 3. The third-order valence-corrected chi connectivity index (χ3v) is 6.39. The summed E-state index contributed by atoms with van der Waals surface area (Å²) in [5.74, 6) is 1.68. The molecule has 0 aliphatic heterocycles. The van der Waals surface area contributed by atoms with Crippen molar-refractivity contribution in [2.75, 3.05) is 14.2 Å². The van der Waals surface area contributed by atoms with Crippen LogP contribution in [-0.4, -0.2) is 20.5 Å². The van der Waals surface area contributed by atoms with Gasteiger partial charge in [-0.2, -0.15) is 0 Å². The summed E-state index contributed by atoms with van der Waals surface area (Å²) >= 11 is 0. The van der Waals surface area contributed by atoms with Gasteiger partial charge in [0.25, 0.3) is 0 Å². The highest BCUT2D eigenvalue weighted by molar-refractivity contribution is 7.79. The quantitative estimate of drug-likeness (QED) is 0.506. The first-order valence-electron chi connectivity index (χ1n) is 7.88. The van der Waals surface area contributed by atoms with E-state index in [9.17, 15) is 4.79 Å². The topological polar surface area (TPSA) is 35.5 Å². The monoisotopic (exact) mass is 350 g/mol. The second kappa shape index (κ2) is 7.96. The largest absolute Gasteiger partial charge is 0.497 e. The highest BCUT2D eigenvalue weighted by Crippen LogP contribution is 2.34. The van der Waals surface area contributed by atoms with Gasteiger partial charge in [-0.15, -0.1) is 0 Å². The molecule has 0 atom stereocenters. The van der Waals surface area contributed by atoms with Gasteiger partial charge in [0, 0.05) is 5.56 Å². The van der Waals surface area contributed by atoms with Gasteiger partial charge in [0.1, 0.15) is 17.8 Å². The van der Waals surface area contributed by atoms with Crippen molar-refractivity contribution in [2.24, 2.45) is 0 Å². The SMILES string of the molecule is COc1ccc(P(c2ccc(C=O)cc2)c2ccc(OC)cc2)cc1. The molecule has 0 amide bonds. The summed E-state index contributed by atoms with van der Waals surface area (Å²) in [6.45, 7) is 0. The smallest absolute Gasteiger partial charge is 0.150 e. The zero-order valence-corrected chi connectivity index (χ0v) is 15.1. The molecule has 0 saturated heterocycles. The first-order chi connectivity index (χ1) is 12.2. The molecule has 3 nitrogen and oxygen atoms in total. The number of methoxy groups -OCH3 is 2. The van der Waals surface area contributed by atoms with Crippen LogP contribution in [0.4, 0.5) is 0 Å². The van der Waals surface area contributed by atoms with Crippen molar-refractivity contribution in [3.05, 3.63) is 78.4 Å². The Labute approximate surface area is 149 Å². The van der Waals surface area contributed by atoms with Crippen LogP contribution in [0.2, 0.25) is 0 Å². The van der Waals surface area contributed by atoms with Crippen molar-refractivity contribution >= 4 is 30.1 Å². The lowest BCUT2D eigenvalue weighted by Gasteiger charge is -2.20. The molecule has 3 aromatic carbocycles. The van der Waals surface area contributed by atoms with Crippen molar-refractivity contribution < 1.29 is 14.3 Å². The molecule has 0 heterocycles. The van der Waals surface area contributed by atoms with Gasteiger partial charge < -0.3 is 9.47 Å². The molecule has 4 heteroatoms. The number of rotatable bonds is 6. The molecule has 0 fully saturated rings. The zero-order chi connectivity index (χ0) is 17.6. The number of hydrogen-bond donors (Lipinski definition) is 0. The molecule has 25 heavy (non-hydrogen) atoms. The summed E-state index contributed by atoms with van der Waals surface area (Å²) in [4.78, 5) is 10.9. The van der Waals surface area contributed by atoms with Crippen LogP contribution in [0, 0.1) is 0 Å². The number of aldehydes is 1. The van der Waals surface area contributed by atoms with E-state index in [0.29, 0.717) is 5.56 Å². The minimum atomic E-state index is -0.725. The first-order valence-corrected chi connectivity index (χ1v) is 9.23. The molecule has 0 unspecified atom stereocenters. The predicted molar refractivity (Wildman–Crippen MR) is 104 cm³/mol. The van der Waals surface area contributed by atoms with Crippen molar-refractivity contribution in [3.63, 3.8) is 0 Å². The van der Waals surface area contributed by atoms with E-state index in [1.54, 1.807) is 14.2 Å². The molecule has 0 aliphatic carbocycles. The van der Waals surface area contributed by atoms with Crippen molar-refractivity contribution in [2.45, 2.75) is 0 Å². The first kappa shape index (κ1) is 17.2. The summed E-state index contributed by atoms with van der Waals surface area (Å²) in [5, 5.41) is 3.63. The van der Waals surface area contributed by atoms with Crippen LogP contribution in [0.5, 0.6) is 11.5 Å². The second-order valence-corrected chi connectivity index (χ2v) is 7.66. The molecular formula is C21H19O3P. The van der Waals surface area contributed by atoms with Crippen LogP contribution in [0.1, 0.15) is 10.4 Å². The highest BCUT2D eigenvalue weighted by atomic mass is 31.1. The minimum absolute atomic E-state index is 0.683. The van der Waals surface area contributed by atoms with E-state index in [2.05, 4.69) is 24.3 Å². The van der Waals surface area contributed by atoms with Crippen molar-refractivity contribution in [1.29, 1.82) is 0 Å². The summed E-state index contributed by atoms with van der Waals surface area (Å²) < 4.78 is 10.5. The Morgan fingerprint density at radius 3 is 1.32 bits per heavy atom. The van der Waals surface area contributed by atoms with Crippen LogP contribution >= 0.6 is 7.92 Å². The maximum absolute atomic E-state index is 10.9. The Morgan fingerprint density at radius 1 is 0.640 bits per heavy atom. The Bertz CT molecular complexity index is 777. The van der Waals surface area contributed by atoms with E-state index in [-0.39, 0.29) is 0 Å². The van der Waals surface area contributed by atoms with Gasteiger partial charge in [0.2, 0.25) is 0 Å². The van der Waals surface area contributed by atoms with E-state index in [0.717, 1.165) is 17.8 Å². The fraction of sp³-hybridized carbons (Fsp3) is 0.0952. The number of carbonyl (C=O) groups is 1. The lowest BCUT2D eigenvalue weighted by molar-refractivity contribution is 0.112. The molecule has 0 saturated carbocycles. The minimum Gasteiger partial charge on any atom is -0.497 e. The normalized spacial score (nSPS) is 10.5. The van der Waals surface area contributed by atoms with Gasteiger partial charge in [0.05, 0.1) is 14.2 Å². The van der Waals surface area contributed by atoms with E-state index in [4.69, 9.17) is 9.47 Å². The molecule has 126 valence electrons. The third-order valence-electron chi connectivity index (χ3n) is 3.95. The Balaban J connectivity index is 2.06. The molecule has 0 radical (unpaired) electrons. The average molecular weight is 350 g/mol. The number of carbonyl (C=O) groups excluding carboxylic acids is 1. The van der Waals surface area contributed by atoms with Crippen LogP contribution < -0.4 is 25.4 Å². The molecule has 0 spiro atoms. The lowest BCUT2D eigenvalue weighted by atomic mass is 10.2. The van der Waals surface area contributed by atoms with Gasteiger partial charge in [-0.3, -0.25) is 4.79 Å². The number of ether oxygens (including phenoxy) is 2. The van der Waals surface area contributed by atoms with E-state index < -0.39 is 7.92 Å². The maximum Gasteiger partial charge on any atom is 0.150 e. The molecule has 3 rings (SSSR count). The third kappa shape index (κ3) is 3.89. The van der Waals surface area contributed by atoms with E-state index in [1.165, 1.54) is 15.9 Å². The zero-order valence-electron chi connectivity index (χ0n) is 14.2. The fourth-order valence-corrected chi connectivity index (χ4v) is 4.85. The fourth-order valence-electron chi connectivity index (χ4n) is 2.61. The summed E-state index contributed by atoms with van der Waals surface area (Å²) in [5.41, 5.74) is 0.683.